The summed E-state index contributed by atoms with van der Waals surface area (Å²) in [7, 11) is 12.9. The smallest absolute Gasteiger partial charge is 0.233 e. The van der Waals surface area contributed by atoms with Gasteiger partial charge in [-0.1, -0.05) is 6.92 Å². The standard InChI is InChI=1S/C10H21B10N2O2/c1-2-10(24)22(20-19-18-17-16-15-14-13-12-11)21-9-5-3-8(7-23)4-6-9/h3-6,12-21H,2,11H2,1H3. The molecule has 0 aliphatic rings. The van der Waals surface area contributed by atoms with Crippen molar-refractivity contribution in [3.8, 4) is 0 Å². The zero-order valence-corrected chi connectivity index (χ0v) is 15.1. The quantitative estimate of drug-likeness (QED) is 0.225. The van der Waals surface area contributed by atoms with E-state index in [0.29, 0.717) is 19.3 Å². The van der Waals surface area contributed by atoms with Gasteiger partial charge in [-0.3, -0.25) is 9.59 Å². The number of rotatable bonds is 13. The van der Waals surface area contributed by atoms with Crippen molar-refractivity contribution in [3.05, 3.63) is 29.8 Å². The second kappa shape index (κ2) is 13.1. The lowest BCUT2D eigenvalue weighted by Gasteiger charge is -2.24. The van der Waals surface area contributed by atoms with Gasteiger partial charge in [0.05, 0.1) is 20.5 Å². The highest BCUT2D eigenvalue weighted by Gasteiger charge is 2.13. The van der Waals surface area contributed by atoms with Gasteiger partial charge >= 0.3 is 0 Å². The van der Waals surface area contributed by atoms with E-state index in [2.05, 4.69) is 13.2 Å². The third-order valence-electron chi connectivity index (χ3n) is 4.11. The Morgan fingerprint density at radius 2 is 1.67 bits per heavy atom. The lowest BCUT2D eigenvalue weighted by atomic mass is 8.89. The minimum Gasteiger partial charge on any atom is -0.319 e. The molecule has 0 fully saturated rings. The maximum atomic E-state index is 12.1. The van der Waals surface area contributed by atoms with E-state index in [1.54, 1.807) is 29.2 Å². The number of anilines is 1. The number of carbonyl (C=O) groups excluding carboxylic acids is 2. The van der Waals surface area contributed by atoms with E-state index in [-0.39, 0.29) is 5.91 Å². The van der Waals surface area contributed by atoms with Crippen molar-refractivity contribution in [1.82, 2.24) is 4.92 Å². The summed E-state index contributed by atoms with van der Waals surface area (Å²) in [5.74, 6) is 0.0870. The van der Waals surface area contributed by atoms with Crippen LogP contribution in [0.15, 0.2) is 24.3 Å². The van der Waals surface area contributed by atoms with E-state index in [1.165, 1.54) is 42.4 Å². The maximum absolute atomic E-state index is 12.1. The molecule has 1 amide bonds. The van der Waals surface area contributed by atoms with E-state index in [9.17, 15) is 9.59 Å². The Bertz CT molecular complexity index is 491. The summed E-state index contributed by atoms with van der Waals surface area (Å²) in [6.07, 6.45) is 2.33. The van der Waals surface area contributed by atoms with Gasteiger partial charge in [0, 0.05) is 61.4 Å². The molecule has 0 saturated heterocycles. The van der Waals surface area contributed by atoms with Crippen molar-refractivity contribution in [2.24, 2.45) is 0 Å². The van der Waals surface area contributed by atoms with Gasteiger partial charge in [-0.2, -0.15) is 0 Å². The molecule has 0 aliphatic carbocycles. The van der Waals surface area contributed by atoms with Gasteiger partial charge in [0.15, 0.2) is 0 Å². The molecular weight excluding hydrogens is 288 g/mol. The van der Waals surface area contributed by atoms with Crippen LogP contribution in [0.5, 0.6) is 0 Å². The average Bonchev–Trinajstić information content (AvgIpc) is 2.62. The molecule has 1 radical (unpaired) electrons. The van der Waals surface area contributed by atoms with Gasteiger partial charge in [-0.05, 0) is 24.3 Å². The van der Waals surface area contributed by atoms with Gasteiger partial charge in [-0.25, -0.2) is 0 Å². The minimum atomic E-state index is 0.0870. The number of nitrogens with zero attached hydrogens (tertiary/aromatic N) is 1. The monoisotopic (exact) mass is 311 g/mol. The van der Waals surface area contributed by atoms with Crippen LogP contribution in [-0.4, -0.2) is 88.6 Å². The van der Waals surface area contributed by atoms with E-state index in [0.717, 1.165) is 19.8 Å². The lowest BCUT2D eigenvalue weighted by molar-refractivity contribution is -0.125. The first-order valence-electron chi connectivity index (χ1n) is 9.26. The molecule has 113 valence electrons. The van der Waals surface area contributed by atoms with Crippen LogP contribution in [0.1, 0.15) is 18.9 Å². The molecule has 1 aromatic rings. The first-order chi connectivity index (χ1) is 11.7. The Balaban J connectivity index is 2.34. The molecule has 0 aliphatic heterocycles. The van der Waals surface area contributed by atoms with Gasteiger partial charge in [0.1, 0.15) is 0 Å². The van der Waals surface area contributed by atoms with Crippen LogP contribution in [-0.2, 0) is 9.59 Å². The summed E-state index contributed by atoms with van der Waals surface area (Å²) in [5, 5.41) is 0. The van der Waals surface area contributed by atoms with Crippen LogP contribution >= 0.6 is 0 Å². The molecule has 4 nitrogen and oxygen atoms in total. The second-order valence-electron chi connectivity index (χ2n) is 6.17. The fourth-order valence-corrected chi connectivity index (χ4v) is 2.61. The van der Waals surface area contributed by atoms with Crippen molar-refractivity contribution in [2.45, 2.75) is 13.3 Å². The van der Waals surface area contributed by atoms with Crippen molar-refractivity contribution in [2.75, 3.05) is 5.43 Å². The van der Waals surface area contributed by atoms with Gasteiger partial charge in [0.2, 0.25) is 19.5 Å². The minimum absolute atomic E-state index is 0.0870. The lowest BCUT2D eigenvalue weighted by Crippen LogP contribution is -2.44. The molecule has 1 aromatic carbocycles. The predicted molar refractivity (Wildman–Crippen MR) is 125 cm³/mol. The zero-order valence-electron chi connectivity index (χ0n) is 15.1. The first kappa shape index (κ1) is 20.9. The van der Waals surface area contributed by atoms with Crippen molar-refractivity contribution >= 4 is 89.4 Å². The largest absolute Gasteiger partial charge is 0.319 e. The third-order valence-corrected chi connectivity index (χ3v) is 4.11. The van der Waals surface area contributed by atoms with Crippen LogP contribution in [0.25, 0.3) is 0 Å². The molecule has 14 heteroatoms. The second-order valence-corrected chi connectivity index (χ2v) is 6.17. The summed E-state index contributed by atoms with van der Waals surface area (Å²) < 4.78 is 0. The van der Waals surface area contributed by atoms with Gasteiger partial charge in [-0.15, -0.1) is 0 Å². The Labute approximate surface area is 152 Å². The Morgan fingerprint density at radius 1 is 1.08 bits per heavy atom. The molecule has 24 heavy (non-hydrogen) atoms. The Kier molecular flexibility index (Phi) is 11.4. The van der Waals surface area contributed by atoms with Crippen molar-refractivity contribution in [1.29, 1.82) is 0 Å². The Morgan fingerprint density at radius 3 is 2.21 bits per heavy atom. The fraction of sp³-hybridized carbons (Fsp3) is 0.200. The topological polar surface area (TPSA) is 49.4 Å². The summed E-state index contributed by atoms with van der Waals surface area (Å²) in [6.45, 7) is 1.87. The Hall–Kier alpha value is -1.19. The van der Waals surface area contributed by atoms with Crippen LogP contribution in [0, 0.1) is 0 Å². The molecule has 0 heterocycles. The van der Waals surface area contributed by atoms with Crippen LogP contribution < -0.4 is 5.43 Å². The van der Waals surface area contributed by atoms with E-state index in [1.807, 2.05) is 13.2 Å². The number of benzene rings is 1. The van der Waals surface area contributed by atoms with E-state index in [4.69, 9.17) is 0 Å². The molecule has 0 atom stereocenters. The van der Waals surface area contributed by atoms with E-state index >= 15 is 0 Å². The molecule has 1 rings (SSSR count). The van der Waals surface area contributed by atoms with Crippen LogP contribution in [0.3, 0.4) is 0 Å². The molecule has 0 saturated carbocycles. The van der Waals surface area contributed by atoms with E-state index < -0.39 is 0 Å². The number of amides is 1. The normalized spacial score (nSPS) is 8.88. The number of nitrogens with one attached hydrogen (secondary N) is 1. The number of hydrogen-bond acceptors (Lipinski definition) is 3. The van der Waals surface area contributed by atoms with Crippen LogP contribution in [0.2, 0.25) is 0 Å². The van der Waals surface area contributed by atoms with Crippen LogP contribution in [0.4, 0.5) is 5.69 Å². The van der Waals surface area contributed by atoms with Gasteiger partial charge < -0.3 is 10.3 Å². The van der Waals surface area contributed by atoms with Crippen molar-refractivity contribution in [3.63, 3.8) is 0 Å². The first-order valence-corrected chi connectivity index (χ1v) is 9.26. The summed E-state index contributed by atoms with van der Waals surface area (Å²) in [5.41, 5.74) is 4.48. The predicted octanol–water partition coefficient (Wildman–Crippen LogP) is -5.58. The fourth-order valence-electron chi connectivity index (χ4n) is 2.61. The number of hydrazine groups is 1. The molecular formula is C10H21B10N2O2. The molecule has 0 aromatic heterocycles. The highest BCUT2D eigenvalue weighted by atomic mass is 16.2. The highest BCUT2D eigenvalue weighted by molar-refractivity contribution is 7.68. The molecule has 0 bridgehead atoms. The van der Waals surface area contributed by atoms with Gasteiger partial charge in [0.25, 0.3) is 0 Å². The SMILES string of the molecule is BBBBBBBBBBN(Nc1ccc([C]=O)cc1)C(=O)CC. The zero-order chi connectivity index (χ0) is 17.6. The number of carbonyl (C=O) groups is 1. The highest BCUT2D eigenvalue weighted by Crippen LogP contribution is 2.09. The third kappa shape index (κ3) is 8.60. The summed E-state index contributed by atoms with van der Waals surface area (Å²) >= 11 is 0. The van der Waals surface area contributed by atoms with Crippen molar-refractivity contribution < 1.29 is 9.59 Å². The summed E-state index contributed by atoms with van der Waals surface area (Å²) in [4.78, 5) is 24.3. The number of hydrogen-bond donors (Lipinski definition) is 1. The summed E-state index contributed by atoms with van der Waals surface area (Å²) in [6, 6.07) is 6.98. The molecule has 1 N–H and O–H groups in total. The molecule has 0 spiro atoms. The maximum Gasteiger partial charge on any atom is 0.233 e. The average molecular weight is 309 g/mol. The molecule has 0 unspecified atom stereocenters.